The van der Waals surface area contributed by atoms with Crippen LogP contribution in [0.5, 0.6) is 0 Å². The minimum Gasteiger partial charge on any atom is -0.0746 e. The summed E-state index contributed by atoms with van der Waals surface area (Å²) in [7, 11) is 6.25. The first-order valence-corrected chi connectivity index (χ1v) is 6.75. The lowest BCUT2D eigenvalue weighted by Gasteiger charge is -2.46. The molecular formula is C14H29B. The predicted octanol–water partition coefficient (Wildman–Crippen LogP) is 4.84. The van der Waals surface area contributed by atoms with Crippen LogP contribution in [0.2, 0.25) is 5.82 Å². The highest BCUT2D eigenvalue weighted by Gasteiger charge is 2.38. The van der Waals surface area contributed by atoms with Crippen LogP contribution in [0.3, 0.4) is 0 Å². The zero-order valence-corrected chi connectivity index (χ0v) is 11.6. The summed E-state index contributed by atoms with van der Waals surface area (Å²) in [5.41, 5.74) is 0.449. The van der Waals surface area contributed by atoms with Crippen LogP contribution < -0.4 is 0 Å². The molecule has 0 rings (SSSR count). The summed E-state index contributed by atoms with van der Waals surface area (Å²) in [6, 6.07) is 0. The smallest absolute Gasteiger partial charge is 0.0703 e. The zero-order valence-electron chi connectivity index (χ0n) is 11.6. The van der Waals surface area contributed by atoms with Crippen molar-refractivity contribution in [3.05, 3.63) is 0 Å². The molecule has 0 aliphatic heterocycles. The van der Waals surface area contributed by atoms with Crippen LogP contribution in [-0.2, 0) is 0 Å². The van der Waals surface area contributed by atoms with Gasteiger partial charge >= 0.3 is 0 Å². The highest BCUT2D eigenvalue weighted by atomic mass is 14.4. The van der Waals surface area contributed by atoms with E-state index in [-0.39, 0.29) is 0 Å². The van der Waals surface area contributed by atoms with Crippen LogP contribution in [0.15, 0.2) is 0 Å². The van der Waals surface area contributed by atoms with E-state index in [9.17, 15) is 0 Å². The van der Waals surface area contributed by atoms with Gasteiger partial charge in [-0.1, -0.05) is 60.2 Å². The van der Waals surface area contributed by atoms with Gasteiger partial charge in [-0.2, -0.15) is 0 Å². The summed E-state index contributed by atoms with van der Waals surface area (Å²) in [6.07, 6.45) is 4.88. The molecule has 0 bridgehead atoms. The first-order chi connectivity index (χ1) is 6.99. The van der Waals surface area contributed by atoms with Crippen LogP contribution in [0.4, 0.5) is 0 Å². The fourth-order valence-corrected chi connectivity index (χ4v) is 3.23. The van der Waals surface area contributed by atoms with E-state index in [1.807, 2.05) is 0 Å². The van der Waals surface area contributed by atoms with Gasteiger partial charge in [-0.3, -0.25) is 0 Å². The normalized spacial score (nSPS) is 18.5. The first kappa shape index (κ1) is 15.1. The minimum absolute atomic E-state index is 0.360. The van der Waals surface area contributed by atoms with Gasteiger partial charge in [0.05, 0.1) is 7.85 Å². The van der Waals surface area contributed by atoms with Gasteiger partial charge in [0, 0.05) is 0 Å². The van der Waals surface area contributed by atoms with Gasteiger partial charge in [0.1, 0.15) is 0 Å². The molecule has 2 radical (unpaired) electrons. The second-order valence-electron chi connectivity index (χ2n) is 5.11. The van der Waals surface area contributed by atoms with Crippen LogP contribution in [-0.4, -0.2) is 7.85 Å². The fourth-order valence-electron chi connectivity index (χ4n) is 3.23. The molecule has 3 unspecified atom stereocenters. The third-order valence-corrected chi connectivity index (χ3v) is 4.93. The Hall–Kier alpha value is 0.0649. The monoisotopic (exact) mass is 208 g/mol. The summed E-state index contributed by atoms with van der Waals surface area (Å²) in [5, 5.41) is 0. The van der Waals surface area contributed by atoms with Gasteiger partial charge in [-0.25, -0.2) is 0 Å². The lowest BCUT2D eigenvalue weighted by molar-refractivity contribution is 0.0691. The highest BCUT2D eigenvalue weighted by Crippen LogP contribution is 2.48. The molecule has 0 aliphatic rings. The molecule has 88 valence electrons. The number of hydrogen-bond acceptors (Lipinski definition) is 0. The Morgan fingerprint density at radius 2 is 1.40 bits per heavy atom. The zero-order chi connectivity index (χ0) is 12.1. The fraction of sp³-hybridized carbons (Fsp3) is 1.00. The van der Waals surface area contributed by atoms with Crippen LogP contribution in [0.25, 0.3) is 0 Å². The van der Waals surface area contributed by atoms with E-state index in [0.29, 0.717) is 17.2 Å². The molecule has 0 nitrogen and oxygen atoms in total. The van der Waals surface area contributed by atoms with Crippen molar-refractivity contribution in [2.24, 2.45) is 17.3 Å². The molecule has 3 atom stereocenters. The first-order valence-electron chi connectivity index (χ1n) is 6.75. The average Bonchev–Trinajstić information content (AvgIpc) is 2.29. The van der Waals surface area contributed by atoms with Crippen molar-refractivity contribution < 1.29 is 0 Å². The van der Waals surface area contributed by atoms with Gasteiger partial charge < -0.3 is 0 Å². The molecule has 0 fully saturated rings. The molecule has 15 heavy (non-hydrogen) atoms. The summed E-state index contributed by atoms with van der Waals surface area (Å²) in [5.74, 6) is 1.77. The molecule has 0 N–H and O–H groups in total. The van der Waals surface area contributed by atoms with Crippen LogP contribution in [0.1, 0.15) is 67.2 Å². The van der Waals surface area contributed by atoms with Crippen molar-refractivity contribution in [3.8, 4) is 0 Å². The van der Waals surface area contributed by atoms with E-state index in [1.54, 1.807) is 0 Å². The predicted molar refractivity (Wildman–Crippen MR) is 71.4 cm³/mol. The highest BCUT2D eigenvalue weighted by molar-refractivity contribution is 6.11. The van der Waals surface area contributed by atoms with E-state index in [2.05, 4.69) is 41.5 Å². The van der Waals surface area contributed by atoms with E-state index in [4.69, 9.17) is 7.85 Å². The van der Waals surface area contributed by atoms with E-state index in [0.717, 1.165) is 12.3 Å². The minimum atomic E-state index is 0.360. The Balaban J connectivity index is 4.90. The lowest BCUT2D eigenvalue weighted by atomic mass is 9.56. The maximum absolute atomic E-state index is 6.25. The van der Waals surface area contributed by atoms with Gasteiger partial charge in [-0.15, -0.1) is 0 Å². The Morgan fingerprint density at radius 1 is 0.933 bits per heavy atom. The largest absolute Gasteiger partial charge is 0.0746 e. The average molecular weight is 208 g/mol. The van der Waals surface area contributed by atoms with Crippen LogP contribution in [0, 0.1) is 17.3 Å². The molecule has 0 saturated heterocycles. The summed E-state index contributed by atoms with van der Waals surface area (Å²) >= 11 is 0. The topological polar surface area (TPSA) is 0 Å². The van der Waals surface area contributed by atoms with E-state index >= 15 is 0 Å². The molecule has 0 saturated carbocycles. The van der Waals surface area contributed by atoms with Gasteiger partial charge in [0.2, 0.25) is 0 Å². The summed E-state index contributed by atoms with van der Waals surface area (Å²) < 4.78 is 0. The number of rotatable bonds is 7. The molecule has 0 amide bonds. The molecular weight excluding hydrogens is 179 g/mol. The molecule has 0 aromatic carbocycles. The standard InChI is InChI=1S/C14H29B/c1-7-11(5)14(9-3,10-4)12(6)13(15)8-2/h11-13H,7-10H2,1-6H3. The van der Waals surface area contributed by atoms with Crippen molar-refractivity contribution in [1.29, 1.82) is 0 Å². The molecule has 0 aromatic rings. The van der Waals surface area contributed by atoms with Crippen molar-refractivity contribution >= 4 is 7.85 Å². The van der Waals surface area contributed by atoms with E-state index < -0.39 is 0 Å². The van der Waals surface area contributed by atoms with Crippen molar-refractivity contribution in [2.45, 2.75) is 73.0 Å². The Kier molecular flexibility index (Phi) is 6.63. The number of hydrogen-bond donors (Lipinski definition) is 0. The molecule has 0 aromatic heterocycles. The molecule has 0 heterocycles. The Morgan fingerprint density at radius 3 is 1.67 bits per heavy atom. The van der Waals surface area contributed by atoms with Gasteiger partial charge in [0.25, 0.3) is 0 Å². The lowest BCUT2D eigenvalue weighted by Crippen LogP contribution is -2.36. The van der Waals surface area contributed by atoms with Gasteiger partial charge in [-0.05, 0) is 30.1 Å². The maximum Gasteiger partial charge on any atom is 0.0703 e. The molecule has 0 aliphatic carbocycles. The quantitative estimate of drug-likeness (QED) is 0.525. The molecule has 0 spiro atoms. The maximum atomic E-state index is 6.25. The van der Waals surface area contributed by atoms with Crippen molar-refractivity contribution in [2.75, 3.05) is 0 Å². The Labute approximate surface area is 98.6 Å². The second-order valence-corrected chi connectivity index (χ2v) is 5.11. The van der Waals surface area contributed by atoms with E-state index in [1.165, 1.54) is 19.3 Å². The summed E-state index contributed by atoms with van der Waals surface area (Å²) in [6.45, 7) is 13.9. The third kappa shape index (κ3) is 3.01. The molecule has 1 heteroatoms. The van der Waals surface area contributed by atoms with Crippen LogP contribution >= 0.6 is 0 Å². The van der Waals surface area contributed by atoms with Gasteiger partial charge in [0.15, 0.2) is 0 Å². The summed E-state index contributed by atoms with van der Waals surface area (Å²) in [4.78, 5) is 0. The third-order valence-electron chi connectivity index (χ3n) is 4.93. The van der Waals surface area contributed by atoms with Crippen molar-refractivity contribution in [3.63, 3.8) is 0 Å². The SMILES string of the molecule is [B]C(CC)C(C)C(CC)(CC)C(C)CC. The Bertz CT molecular complexity index is 161. The second kappa shape index (κ2) is 6.61. The van der Waals surface area contributed by atoms with Crippen molar-refractivity contribution in [1.82, 2.24) is 0 Å².